The van der Waals surface area contributed by atoms with Crippen molar-refractivity contribution in [1.29, 1.82) is 5.26 Å². The lowest BCUT2D eigenvalue weighted by Gasteiger charge is -2.29. The second kappa shape index (κ2) is 12.2. The third kappa shape index (κ3) is 6.39. The summed E-state index contributed by atoms with van der Waals surface area (Å²) in [6.07, 6.45) is 1.99. The quantitative estimate of drug-likeness (QED) is 0.186. The molecule has 42 heavy (non-hydrogen) atoms. The maximum atomic E-state index is 13.8. The van der Waals surface area contributed by atoms with Gasteiger partial charge in [0.1, 0.15) is 0 Å². The fourth-order valence-corrected chi connectivity index (χ4v) is 6.49. The molecule has 1 aromatic heterocycles. The third-order valence-electron chi connectivity index (χ3n) is 7.41. The average molecular weight is 579 g/mol. The van der Waals surface area contributed by atoms with Crippen LogP contribution < -0.4 is 9.62 Å². The van der Waals surface area contributed by atoms with Crippen LogP contribution in [0, 0.1) is 11.3 Å². The first-order chi connectivity index (χ1) is 20.2. The summed E-state index contributed by atoms with van der Waals surface area (Å²) in [5.74, 6) is 0. The number of aryl methyl sites for hydroxylation is 1. The molecule has 0 aliphatic carbocycles. The maximum Gasteiger partial charge on any atom is 0.268 e. The Kier molecular flexibility index (Phi) is 8.46. The van der Waals surface area contributed by atoms with Crippen LogP contribution in [0.1, 0.15) is 37.5 Å². The number of nitrogens with one attached hydrogen (secondary N) is 1. The Morgan fingerprint density at radius 2 is 1.60 bits per heavy atom. The van der Waals surface area contributed by atoms with Crippen LogP contribution in [-0.2, 0) is 16.6 Å². The van der Waals surface area contributed by atoms with Gasteiger partial charge in [-0.05, 0) is 86.5 Å². The van der Waals surface area contributed by atoms with Crippen LogP contribution in [0.2, 0.25) is 0 Å². The molecule has 0 unspecified atom stereocenters. The molecule has 0 spiro atoms. The molecule has 0 aliphatic heterocycles. The summed E-state index contributed by atoms with van der Waals surface area (Å²) in [4.78, 5) is 0.184. The molecule has 0 bridgehead atoms. The minimum atomic E-state index is -3.92. The zero-order valence-corrected chi connectivity index (χ0v) is 24.5. The molecule has 0 saturated heterocycles. The monoisotopic (exact) mass is 578 g/mol. The molecular weight excluding hydrogens is 544 g/mol. The molecule has 1 atom stereocenters. The molecule has 0 amide bonds. The van der Waals surface area contributed by atoms with E-state index in [4.69, 9.17) is 5.26 Å². The number of sulfonamides is 1. The lowest BCUT2D eigenvalue weighted by Crippen LogP contribution is -2.42. The predicted octanol–water partition coefficient (Wildman–Crippen LogP) is 6.53. The predicted molar refractivity (Wildman–Crippen MR) is 167 cm³/mol. The summed E-state index contributed by atoms with van der Waals surface area (Å²) in [6.45, 7) is 5.26. The van der Waals surface area contributed by atoms with Crippen molar-refractivity contribution in [2.24, 2.45) is 0 Å². The third-order valence-corrected chi connectivity index (χ3v) is 9.18. The van der Waals surface area contributed by atoms with Crippen molar-refractivity contribution in [1.82, 2.24) is 9.88 Å². The van der Waals surface area contributed by atoms with Crippen LogP contribution in [0.15, 0.2) is 120 Å². The van der Waals surface area contributed by atoms with Crippen molar-refractivity contribution in [3.63, 3.8) is 0 Å². The van der Waals surface area contributed by atoms with Crippen LogP contribution >= 0.6 is 0 Å². The normalized spacial score (nSPS) is 12.6. The van der Waals surface area contributed by atoms with E-state index in [1.807, 2.05) is 42.6 Å². The van der Waals surface area contributed by atoms with Crippen molar-refractivity contribution >= 4 is 32.3 Å². The first-order valence-electron chi connectivity index (χ1n) is 13.9. The molecule has 0 aliphatic rings. The van der Waals surface area contributed by atoms with E-state index in [9.17, 15) is 13.5 Å². The van der Waals surface area contributed by atoms with E-state index in [1.165, 1.54) is 4.31 Å². The van der Waals surface area contributed by atoms with Crippen molar-refractivity contribution in [3.8, 4) is 6.07 Å². The molecule has 5 rings (SSSR count). The van der Waals surface area contributed by atoms with Gasteiger partial charge in [-0.25, -0.2) is 12.7 Å². The van der Waals surface area contributed by atoms with Crippen molar-refractivity contribution < 1.29 is 13.5 Å². The van der Waals surface area contributed by atoms with Crippen LogP contribution in [0.5, 0.6) is 0 Å². The molecule has 5 aromatic rings. The number of anilines is 2. The number of benzene rings is 4. The molecule has 214 valence electrons. The lowest BCUT2D eigenvalue weighted by molar-refractivity contribution is 0.158. The minimum Gasteiger partial charge on any atom is -0.387 e. The van der Waals surface area contributed by atoms with Gasteiger partial charge in [-0.3, -0.25) is 0 Å². The Morgan fingerprint density at radius 3 is 2.31 bits per heavy atom. The van der Waals surface area contributed by atoms with Gasteiger partial charge in [0.2, 0.25) is 0 Å². The number of hydrogen-bond acceptors (Lipinski definition) is 5. The topological polar surface area (TPSA) is 98.4 Å². The highest BCUT2D eigenvalue weighted by molar-refractivity contribution is 7.93. The summed E-state index contributed by atoms with van der Waals surface area (Å²) in [7, 11) is -3.92. The molecule has 4 aromatic carbocycles. The number of para-hydroxylation sites is 1. The van der Waals surface area contributed by atoms with Crippen LogP contribution in [-0.4, -0.2) is 30.2 Å². The number of hydrogen-bond donors (Lipinski definition) is 2. The van der Waals surface area contributed by atoms with E-state index in [-0.39, 0.29) is 10.4 Å². The van der Waals surface area contributed by atoms with Crippen molar-refractivity contribution in [2.45, 2.75) is 43.4 Å². The van der Waals surface area contributed by atoms with E-state index in [1.54, 1.807) is 72.8 Å². The zero-order valence-electron chi connectivity index (χ0n) is 23.7. The van der Waals surface area contributed by atoms with Gasteiger partial charge in [0, 0.05) is 35.7 Å². The molecule has 8 heteroatoms. The Bertz CT molecular complexity index is 1810. The Hall–Kier alpha value is -4.42. The molecule has 0 fully saturated rings. The molecule has 0 saturated carbocycles. The van der Waals surface area contributed by atoms with E-state index in [0.717, 1.165) is 23.9 Å². The van der Waals surface area contributed by atoms with E-state index >= 15 is 0 Å². The first kappa shape index (κ1) is 29.1. The largest absolute Gasteiger partial charge is 0.387 e. The summed E-state index contributed by atoms with van der Waals surface area (Å²) in [5, 5.41) is 24.8. The van der Waals surface area contributed by atoms with Crippen molar-refractivity contribution in [2.75, 3.05) is 10.8 Å². The van der Waals surface area contributed by atoms with Gasteiger partial charge in [0.25, 0.3) is 10.0 Å². The van der Waals surface area contributed by atoms with E-state index < -0.39 is 16.1 Å². The van der Waals surface area contributed by atoms with Gasteiger partial charge in [-0.1, -0.05) is 48.5 Å². The molecule has 0 radical (unpaired) electrons. The highest BCUT2D eigenvalue weighted by Crippen LogP contribution is 2.33. The molecule has 7 nitrogen and oxygen atoms in total. The number of aliphatic hydroxyl groups excluding tert-OH is 1. The standard InChI is InChI=1S/C34H34N4O3S/c1-34(2,19-21-37-20-18-27-22-26(24-35)16-17-32(27)37)36-25-33(39)28-10-9-13-30(23-28)38(29-11-5-3-6-12-29)42(40,41)31-14-7-4-8-15-31/h3-18,20,22-23,33,36,39H,19,21,25H2,1-2H3/t33-/m0/s1. The highest BCUT2D eigenvalue weighted by Gasteiger charge is 2.27. The SMILES string of the molecule is CC(C)(CCn1ccc2cc(C#N)ccc21)NC[C@H](O)c1cccc(N(c2ccccc2)S(=O)(=O)c2ccccc2)c1. The number of nitriles is 1. The summed E-state index contributed by atoms with van der Waals surface area (Å²) in [5.41, 5.74) is 3.01. The van der Waals surface area contributed by atoms with Crippen LogP contribution in [0.25, 0.3) is 10.9 Å². The van der Waals surface area contributed by atoms with E-state index in [2.05, 4.69) is 29.8 Å². The highest BCUT2D eigenvalue weighted by atomic mass is 32.2. The number of fused-ring (bicyclic) bond motifs is 1. The van der Waals surface area contributed by atoms with Crippen LogP contribution in [0.4, 0.5) is 11.4 Å². The number of aliphatic hydroxyl groups is 1. The average Bonchev–Trinajstić information content (AvgIpc) is 3.42. The minimum absolute atomic E-state index is 0.184. The fourth-order valence-electron chi connectivity index (χ4n) is 4.99. The second-order valence-corrected chi connectivity index (χ2v) is 12.7. The van der Waals surface area contributed by atoms with Crippen LogP contribution in [0.3, 0.4) is 0 Å². The first-order valence-corrected chi connectivity index (χ1v) is 15.3. The number of aromatic nitrogens is 1. The van der Waals surface area contributed by atoms with Crippen molar-refractivity contribution in [3.05, 3.63) is 127 Å². The Labute approximate surface area is 247 Å². The van der Waals surface area contributed by atoms with Gasteiger partial charge in [-0.15, -0.1) is 0 Å². The molecule has 2 N–H and O–H groups in total. The maximum absolute atomic E-state index is 13.8. The lowest BCUT2D eigenvalue weighted by atomic mass is 9.99. The molecular formula is C34H34N4O3S. The fraction of sp³-hybridized carbons (Fsp3) is 0.206. The number of rotatable bonds is 11. The van der Waals surface area contributed by atoms with E-state index in [0.29, 0.717) is 29.0 Å². The Balaban J connectivity index is 1.31. The summed E-state index contributed by atoms with van der Waals surface area (Å²) >= 11 is 0. The zero-order chi connectivity index (χ0) is 29.7. The Morgan fingerprint density at radius 1 is 0.905 bits per heavy atom. The summed E-state index contributed by atoms with van der Waals surface area (Å²) in [6, 6.07) is 34.2. The smallest absolute Gasteiger partial charge is 0.268 e. The van der Waals surface area contributed by atoms with Gasteiger partial charge >= 0.3 is 0 Å². The summed E-state index contributed by atoms with van der Waals surface area (Å²) < 4.78 is 31.1. The van der Waals surface area contributed by atoms with Gasteiger partial charge < -0.3 is 15.0 Å². The van der Waals surface area contributed by atoms with Gasteiger partial charge in [0.15, 0.2) is 0 Å². The number of nitrogens with zero attached hydrogens (tertiary/aromatic N) is 3. The second-order valence-electron chi connectivity index (χ2n) is 10.9. The van der Waals surface area contributed by atoms with Gasteiger partial charge in [0.05, 0.1) is 34.0 Å². The number of β-amino-alcohol motifs (C(OH)–C–C–N with tert-alkyl or cyclic N) is 1. The van der Waals surface area contributed by atoms with Gasteiger partial charge in [-0.2, -0.15) is 5.26 Å². The molecule has 1 heterocycles.